The van der Waals surface area contributed by atoms with Crippen LogP contribution in [0.15, 0.2) is 18.2 Å². The van der Waals surface area contributed by atoms with E-state index >= 15 is 0 Å². The molecule has 0 radical (unpaired) electrons. The van der Waals surface area contributed by atoms with Crippen LogP contribution in [0, 0.1) is 0 Å². The van der Waals surface area contributed by atoms with Crippen molar-refractivity contribution >= 4 is 11.9 Å². The van der Waals surface area contributed by atoms with Crippen molar-refractivity contribution < 1.29 is 28.9 Å². The molecule has 1 amide bonds. The molecule has 0 heterocycles. The van der Waals surface area contributed by atoms with E-state index in [0.29, 0.717) is 11.5 Å². The molecule has 2 N–H and O–H groups in total. The Morgan fingerprint density at radius 1 is 1.25 bits per heavy atom. The molecular weight excluding hydrogens is 266 g/mol. The molecule has 20 heavy (non-hydrogen) atoms. The fourth-order valence-corrected chi connectivity index (χ4v) is 1.50. The van der Waals surface area contributed by atoms with E-state index < -0.39 is 18.0 Å². The van der Waals surface area contributed by atoms with Crippen LogP contribution in [0.5, 0.6) is 11.5 Å². The van der Waals surface area contributed by atoms with Gasteiger partial charge in [-0.1, -0.05) is 0 Å². The van der Waals surface area contributed by atoms with Gasteiger partial charge in [0.2, 0.25) is 0 Å². The van der Waals surface area contributed by atoms with Crippen molar-refractivity contribution in [3.8, 4) is 11.5 Å². The summed E-state index contributed by atoms with van der Waals surface area (Å²) in [5.74, 6) is -0.466. The summed E-state index contributed by atoms with van der Waals surface area (Å²) in [6.45, 7) is -0.258. The van der Waals surface area contributed by atoms with Gasteiger partial charge >= 0.3 is 5.97 Å². The Bertz CT molecular complexity index is 488. The molecule has 1 atom stereocenters. The number of nitrogens with one attached hydrogen (secondary N) is 1. The van der Waals surface area contributed by atoms with Crippen molar-refractivity contribution in [2.45, 2.75) is 6.10 Å². The van der Waals surface area contributed by atoms with Gasteiger partial charge < -0.3 is 24.6 Å². The summed E-state index contributed by atoms with van der Waals surface area (Å²) >= 11 is 0. The monoisotopic (exact) mass is 283 g/mol. The van der Waals surface area contributed by atoms with Crippen molar-refractivity contribution in [3.05, 3.63) is 23.8 Å². The number of ether oxygens (including phenoxy) is 3. The number of methoxy groups -OCH3 is 3. The Labute approximate surface area is 116 Å². The van der Waals surface area contributed by atoms with Gasteiger partial charge in [0.05, 0.1) is 33.4 Å². The van der Waals surface area contributed by atoms with Crippen molar-refractivity contribution in [1.82, 2.24) is 5.32 Å². The molecule has 0 aliphatic carbocycles. The molecule has 110 valence electrons. The predicted molar refractivity (Wildman–Crippen MR) is 69.9 cm³/mol. The van der Waals surface area contributed by atoms with Crippen LogP contribution in [0.25, 0.3) is 0 Å². The fraction of sp³-hybridized carbons (Fsp3) is 0.385. The van der Waals surface area contributed by atoms with Crippen LogP contribution in [-0.4, -0.2) is 51.0 Å². The van der Waals surface area contributed by atoms with Gasteiger partial charge in [-0.2, -0.15) is 0 Å². The number of aliphatic hydroxyl groups is 1. The van der Waals surface area contributed by atoms with Gasteiger partial charge in [-0.3, -0.25) is 4.79 Å². The SMILES string of the molecule is COC(=O)C(O)CNC(=O)c1cc(OC)ccc1OC. The van der Waals surface area contributed by atoms with E-state index in [-0.39, 0.29) is 12.1 Å². The second-order valence-electron chi connectivity index (χ2n) is 3.82. The number of carbonyl (C=O) groups excluding carboxylic acids is 2. The Morgan fingerprint density at radius 2 is 1.95 bits per heavy atom. The quantitative estimate of drug-likeness (QED) is 0.712. The molecule has 0 aromatic heterocycles. The lowest BCUT2D eigenvalue weighted by Gasteiger charge is -2.12. The summed E-state index contributed by atoms with van der Waals surface area (Å²) in [5, 5.41) is 11.8. The van der Waals surface area contributed by atoms with Gasteiger partial charge in [-0.25, -0.2) is 4.79 Å². The minimum absolute atomic E-state index is 0.240. The second kappa shape index (κ2) is 7.34. The van der Waals surface area contributed by atoms with Crippen molar-refractivity contribution in [2.24, 2.45) is 0 Å². The Morgan fingerprint density at radius 3 is 2.50 bits per heavy atom. The first-order valence-electron chi connectivity index (χ1n) is 5.79. The first kappa shape index (κ1) is 15.8. The first-order valence-corrected chi connectivity index (χ1v) is 5.79. The summed E-state index contributed by atoms with van der Waals surface area (Å²) in [4.78, 5) is 23.0. The average molecular weight is 283 g/mol. The molecule has 1 aromatic carbocycles. The third-order valence-electron chi connectivity index (χ3n) is 2.58. The molecule has 0 fully saturated rings. The molecule has 1 unspecified atom stereocenters. The highest BCUT2D eigenvalue weighted by Crippen LogP contribution is 2.23. The van der Waals surface area contributed by atoms with Crippen LogP contribution in [0.2, 0.25) is 0 Å². The Kier molecular flexibility index (Phi) is 5.79. The second-order valence-corrected chi connectivity index (χ2v) is 3.82. The highest BCUT2D eigenvalue weighted by Gasteiger charge is 2.19. The van der Waals surface area contributed by atoms with E-state index in [2.05, 4.69) is 10.1 Å². The van der Waals surface area contributed by atoms with Crippen molar-refractivity contribution in [1.29, 1.82) is 0 Å². The average Bonchev–Trinajstić information content (AvgIpc) is 2.50. The fourth-order valence-electron chi connectivity index (χ4n) is 1.50. The zero-order chi connectivity index (χ0) is 15.1. The Balaban J connectivity index is 2.78. The molecular formula is C13H17NO6. The summed E-state index contributed by atoms with van der Waals surface area (Å²) in [6, 6.07) is 4.74. The minimum atomic E-state index is -1.42. The highest BCUT2D eigenvalue weighted by atomic mass is 16.5. The molecule has 0 aliphatic heterocycles. The van der Waals surface area contributed by atoms with Crippen LogP contribution in [-0.2, 0) is 9.53 Å². The largest absolute Gasteiger partial charge is 0.497 e. The van der Waals surface area contributed by atoms with E-state index in [1.54, 1.807) is 12.1 Å². The Hall–Kier alpha value is -2.28. The number of rotatable bonds is 6. The molecule has 1 aromatic rings. The number of esters is 1. The third-order valence-corrected chi connectivity index (χ3v) is 2.58. The van der Waals surface area contributed by atoms with E-state index in [9.17, 15) is 14.7 Å². The lowest BCUT2D eigenvalue weighted by molar-refractivity contribution is -0.149. The molecule has 7 nitrogen and oxygen atoms in total. The smallest absolute Gasteiger partial charge is 0.336 e. The van der Waals surface area contributed by atoms with Gasteiger partial charge in [-0.05, 0) is 18.2 Å². The van der Waals surface area contributed by atoms with E-state index in [1.807, 2.05) is 0 Å². The summed E-state index contributed by atoms with van der Waals surface area (Å²) in [7, 11) is 4.06. The predicted octanol–water partition coefficient (Wildman–Crippen LogP) is -0.0325. The molecule has 0 spiro atoms. The maximum Gasteiger partial charge on any atom is 0.336 e. The van der Waals surface area contributed by atoms with E-state index in [4.69, 9.17) is 9.47 Å². The lowest BCUT2D eigenvalue weighted by Crippen LogP contribution is -2.37. The number of aliphatic hydroxyl groups excluding tert-OH is 1. The number of carbonyl (C=O) groups is 2. The van der Waals surface area contributed by atoms with Gasteiger partial charge in [0.25, 0.3) is 5.91 Å². The van der Waals surface area contributed by atoms with E-state index in [0.717, 1.165) is 7.11 Å². The van der Waals surface area contributed by atoms with Gasteiger partial charge in [0.15, 0.2) is 6.10 Å². The topological polar surface area (TPSA) is 94.1 Å². The van der Waals surface area contributed by atoms with Crippen LogP contribution >= 0.6 is 0 Å². The molecule has 7 heteroatoms. The van der Waals surface area contributed by atoms with E-state index in [1.165, 1.54) is 20.3 Å². The highest BCUT2D eigenvalue weighted by molar-refractivity contribution is 5.97. The van der Waals surface area contributed by atoms with Gasteiger partial charge in [0.1, 0.15) is 11.5 Å². The maximum absolute atomic E-state index is 12.0. The normalized spacial score (nSPS) is 11.4. The lowest BCUT2D eigenvalue weighted by atomic mass is 10.1. The number of amides is 1. The number of benzene rings is 1. The standard InChI is InChI=1S/C13H17NO6/c1-18-8-4-5-11(19-2)9(6-8)12(16)14-7-10(15)13(17)20-3/h4-6,10,15H,7H2,1-3H3,(H,14,16). The summed E-state index contributed by atoms with van der Waals surface area (Å²) < 4.78 is 14.4. The van der Waals surface area contributed by atoms with Gasteiger partial charge in [-0.15, -0.1) is 0 Å². The zero-order valence-corrected chi connectivity index (χ0v) is 11.5. The van der Waals surface area contributed by atoms with Crippen molar-refractivity contribution in [2.75, 3.05) is 27.9 Å². The van der Waals surface area contributed by atoms with Crippen LogP contribution < -0.4 is 14.8 Å². The van der Waals surface area contributed by atoms with Crippen LogP contribution in [0.4, 0.5) is 0 Å². The third kappa shape index (κ3) is 3.86. The first-order chi connectivity index (χ1) is 9.53. The molecule has 0 saturated heterocycles. The van der Waals surface area contributed by atoms with Gasteiger partial charge in [0, 0.05) is 0 Å². The molecule has 1 rings (SSSR count). The molecule has 0 saturated carbocycles. The van der Waals surface area contributed by atoms with Crippen LogP contribution in [0.3, 0.4) is 0 Å². The molecule has 0 bridgehead atoms. The summed E-state index contributed by atoms with van der Waals surface area (Å²) in [5.41, 5.74) is 0.240. The maximum atomic E-state index is 12.0. The number of hydrogen-bond donors (Lipinski definition) is 2. The molecule has 0 aliphatic rings. The van der Waals surface area contributed by atoms with Crippen molar-refractivity contribution in [3.63, 3.8) is 0 Å². The number of hydrogen-bond acceptors (Lipinski definition) is 6. The summed E-state index contributed by atoms with van der Waals surface area (Å²) in [6.07, 6.45) is -1.42. The van der Waals surface area contributed by atoms with Crippen LogP contribution in [0.1, 0.15) is 10.4 Å². The zero-order valence-electron chi connectivity index (χ0n) is 11.5. The minimum Gasteiger partial charge on any atom is -0.497 e.